The van der Waals surface area contributed by atoms with E-state index in [-0.39, 0.29) is 0 Å². The normalized spacial score (nSPS) is 10.1. The fraction of sp³-hybridized carbons (Fsp3) is 0.250. The third kappa shape index (κ3) is 3.65. The fourth-order valence-corrected chi connectivity index (χ4v) is 2.11. The van der Waals surface area contributed by atoms with Crippen molar-refractivity contribution >= 4 is 28.9 Å². The number of hydrogen-bond donors (Lipinski definition) is 1. The first-order chi connectivity index (χ1) is 10.5. The summed E-state index contributed by atoms with van der Waals surface area (Å²) >= 11 is 5.32. The van der Waals surface area contributed by atoms with E-state index in [2.05, 4.69) is 4.98 Å². The van der Waals surface area contributed by atoms with Crippen LogP contribution in [0.2, 0.25) is 0 Å². The molecule has 2 aromatic rings. The highest BCUT2D eigenvalue weighted by Crippen LogP contribution is 2.22. The summed E-state index contributed by atoms with van der Waals surface area (Å²) in [6.07, 6.45) is 0.836. The van der Waals surface area contributed by atoms with Crippen molar-refractivity contribution in [2.75, 3.05) is 24.8 Å². The first kappa shape index (κ1) is 16.0. The molecule has 0 amide bonds. The fourth-order valence-electron chi connectivity index (χ4n) is 1.92. The van der Waals surface area contributed by atoms with Gasteiger partial charge in [-0.15, -0.1) is 0 Å². The zero-order valence-corrected chi connectivity index (χ0v) is 13.7. The maximum Gasteiger partial charge on any atom is 0.270 e. The lowest BCUT2D eigenvalue weighted by Gasteiger charge is -2.19. The number of anilines is 2. The number of aryl methyl sites for hydroxylation is 1. The minimum Gasteiger partial charge on any atom is -0.481 e. The van der Waals surface area contributed by atoms with E-state index in [1.165, 1.54) is 0 Å². The maximum atomic E-state index is 5.89. The molecule has 0 aliphatic heterocycles. The molecular formula is C16H19N3O2S. The monoisotopic (exact) mass is 317 g/mol. The molecule has 0 unspecified atom stereocenters. The molecule has 1 aromatic carbocycles. The Morgan fingerprint density at radius 2 is 2.09 bits per heavy atom. The van der Waals surface area contributed by atoms with Gasteiger partial charge in [0, 0.05) is 18.8 Å². The molecule has 0 aliphatic rings. The Kier molecular flexibility index (Phi) is 5.16. The van der Waals surface area contributed by atoms with Gasteiger partial charge >= 0.3 is 0 Å². The Morgan fingerprint density at radius 1 is 1.32 bits per heavy atom. The highest BCUT2D eigenvalue weighted by atomic mass is 32.1. The molecule has 0 aliphatic carbocycles. The van der Waals surface area contributed by atoms with Crippen molar-refractivity contribution in [3.05, 3.63) is 42.0 Å². The number of methoxy groups -OCH3 is 1. The molecule has 0 spiro atoms. The molecule has 0 saturated heterocycles. The summed E-state index contributed by atoms with van der Waals surface area (Å²) in [6, 6.07) is 11.0. The molecule has 22 heavy (non-hydrogen) atoms. The summed E-state index contributed by atoms with van der Waals surface area (Å²) in [5.41, 5.74) is 7.67. The van der Waals surface area contributed by atoms with Gasteiger partial charge in [0.05, 0.1) is 7.11 Å². The molecule has 0 bridgehead atoms. The van der Waals surface area contributed by atoms with E-state index in [1.54, 1.807) is 31.2 Å². The van der Waals surface area contributed by atoms with Crippen molar-refractivity contribution in [1.82, 2.24) is 4.98 Å². The van der Waals surface area contributed by atoms with Crippen LogP contribution in [-0.2, 0) is 6.42 Å². The highest BCUT2D eigenvalue weighted by molar-refractivity contribution is 7.80. The number of rotatable bonds is 4. The number of pyridine rings is 1. The van der Waals surface area contributed by atoms with Crippen molar-refractivity contribution in [3.8, 4) is 11.6 Å². The third-order valence-corrected chi connectivity index (χ3v) is 3.59. The van der Waals surface area contributed by atoms with Gasteiger partial charge in [0.2, 0.25) is 5.88 Å². The zero-order valence-electron chi connectivity index (χ0n) is 12.9. The van der Waals surface area contributed by atoms with Gasteiger partial charge in [0.25, 0.3) is 5.17 Å². The standard InChI is InChI=1S/C16H19N3O2S/c1-4-11-10-12(8-9-13(11)17)21-16(22)19(2)14-6-5-7-15(18-14)20-3/h5-10H,4,17H2,1-3H3. The van der Waals surface area contributed by atoms with E-state index < -0.39 is 0 Å². The Balaban J connectivity index is 2.14. The van der Waals surface area contributed by atoms with Crippen LogP contribution in [0.15, 0.2) is 36.4 Å². The molecule has 1 aromatic heterocycles. The Bertz CT molecular complexity index is 676. The van der Waals surface area contributed by atoms with Gasteiger partial charge in [0.1, 0.15) is 11.6 Å². The predicted molar refractivity (Wildman–Crippen MR) is 92.7 cm³/mol. The molecule has 0 saturated carbocycles. The van der Waals surface area contributed by atoms with E-state index in [9.17, 15) is 0 Å². The second kappa shape index (κ2) is 7.09. The molecule has 0 fully saturated rings. The van der Waals surface area contributed by atoms with Crippen molar-refractivity contribution in [2.24, 2.45) is 0 Å². The van der Waals surface area contributed by atoms with Crippen LogP contribution in [0.25, 0.3) is 0 Å². The number of nitrogens with zero attached hydrogens (tertiary/aromatic N) is 2. The first-order valence-electron chi connectivity index (χ1n) is 6.90. The average molecular weight is 317 g/mol. The number of benzene rings is 1. The lowest BCUT2D eigenvalue weighted by atomic mass is 10.1. The van der Waals surface area contributed by atoms with E-state index in [0.717, 1.165) is 17.7 Å². The average Bonchev–Trinajstić information content (AvgIpc) is 2.55. The maximum absolute atomic E-state index is 5.89. The summed E-state index contributed by atoms with van der Waals surface area (Å²) in [7, 11) is 3.36. The highest BCUT2D eigenvalue weighted by Gasteiger charge is 2.12. The van der Waals surface area contributed by atoms with Crippen LogP contribution in [0.3, 0.4) is 0 Å². The minimum absolute atomic E-state index is 0.299. The van der Waals surface area contributed by atoms with Crippen LogP contribution in [-0.4, -0.2) is 24.3 Å². The van der Waals surface area contributed by atoms with Gasteiger partial charge in [-0.3, -0.25) is 4.90 Å². The number of aromatic nitrogens is 1. The SMILES string of the molecule is CCc1cc(OC(=S)N(C)c2cccc(OC)n2)ccc1N. The second-order valence-electron chi connectivity index (χ2n) is 4.68. The Morgan fingerprint density at radius 3 is 2.77 bits per heavy atom. The summed E-state index contributed by atoms with van der Waals surface area (Å²) < 4.78 is 10.8. The van der Waals surface area contributed by atoms with E-state index >= 15 is 0 Å². The number of nitrogens with two attached hydrogens (primary N) is 1. The lowest BCUT2D eigenvalue weighted by molar-refractivity contribution is 0.398. The molecule has 0 atom stereocenters. The minimum atomic E-state index is 0.299. The molecule has 0 radical (unpaired) electrons. The second-order valence-corrected chi connectivity index (χ2v) is 5.03. The summed E-state index contributed by atoms with van der Waals surface area (Å²) in [5, 5.41) is 0.299. The topological polar surface area (TPSA) is 60.6 Å². The smallest absolute Gasteiger partial charge is 0.270 e. The van der Waals surface area contributed by atoms with Crippen LogP contribution in [0.1, 0.15) is 12.5 Å². The molecule has 2 N–H and O–H groups in total. The quantitative estimate of drug-likeness (QED) is 0.691. The van der Waals surface area contributed by atoms with E-state index in [0.29, 0.717) is 22.6 Å². The predicted octanol–water partition coefficient (Wildman–Crippen LogP) is 3.03. The third-order valence-electron chi connectivity index (χ3n) is 3.24. The molecule has 5 nitrogen and oxygen atoms in total. The first-order valence-corrected chi connectivity index (χ1v) is 7.31. The molecule has 2 rings (SSSR count). The van der Waals surface area contributed by atoms with Gasteiger partial charge < -0.3 is 15.2 Å². The lowest BCUT2D eigenvalue weighted by Crippen LogP contribution is -2.29. The van der Waals surface area contributed by atoms with Gasteiger partial charge in [-0.25, -0.2) is 0 Å². The van der Waals surface area contributed by atoms with Gasteiger partial charge in [-0.1, -0.05) is 13.0 Å². The van der Waals surface area contributed by atoms with Gasteiger partial charge in [0.15, 0.2) is 0 Å². The van der Waals surface area contributed by atoms with E-state index in [1.807, 2.05) is 31.2 Å². The van der Waals surface area contributed by atoms with Crippen LogP contribution in [0.4, 0.5) is 11.5 Å². The van der Waals surface area contributed by atoms with E-state index in [4.69, 9.17) is 27.4 Å². The molecule has 6 heteroatoms. The zero-order chi connectivity index (χ0) is 16.1. The Hall–Kier alpha value is -2.34. The molecule has 1 heterocycles. The van der Waals surface area contributed by atoms with Crippen LogP contribution in [0.5, 0.6) is 11.6 Å². The van der Waals surface area contributed by atoms with Crippen molar-refractivity contribution in [1.29, 1.82) is 0 Å². The Labute approximate surface area is 135 Å². The number of nitrogen functional groups attached to an aromatic ring is 1. The number of ether oxygens (including phenoxy) is 2. The van der Waals surface area contributed by atoms with Crippen molar-refractivity contribution in [2.45, 2.75) is 13.3 Å². The summed E-state index contributed by atoms with van der Waals surface area (Å²) in [4.78, 5) is 6.00. The number of hydrogen-bond acceptors (Lipinski definition) is 5. The van der Waals surface area contributed by atoms with Crippen molar-refractivity contribution < 1.29 is 9.47 Å². The van der Waals surface area contributed by atoms with Crippen LogP contribution in [0, 0.1) is 0 Å². The summed E-state index contributed by atoms with van der Waals surface area (Å²) in [6.45, 7) is 2.04. The molecular weight excluding hydrogens is 298 g/mol. The molecule has 116 valence electrons. The van der Waals surface area contributed by atoms with Gasteiger partial charge in [-0.05, 0) is 48.5 Å². The largest absolute Gasteiger partial charge is 0.481 e. The van der Waals surface area contributed by atoms with Crippen LogP contribution < -0.4 is 20.1 Å². The summed E-state index contributed by atoms with van der Waals surface area (Å²) in [5.74, 6) is 1.83. The van der Waals surface area contributed by atoms with Gasteiger partial charge in [-0.2, -0.15) is 4.98 Å². The number of thiocarbonyl (C=S) groups is 1. The van der Waals surface area contributed by atoms with Crippen LogP contribution >= 0.6 is 12.2 Å². The van der Waals surface area contributed by atoms with Crippen molar-refractivity contribution in [3.63, 3.8) is 0 Å².